The summed E-state index contributed by atoms with van der Waals surface area (Å²) in [7, 11) is 3.26. The lowest BCUT2D eigenvalue weighted by molar-refractivity contribution is -0.421. The minimum atomic E-state index is -2.23. The molecule has 3 fully saturated rings. The fourth-order valence-electron chi connectivity index (χ4n) is 4.19. The molecule has 26 heavy (non-hydrogen) atoms. The highest BCUT2D eigenvalue weighted by atomic mass is 16.8. The Labute approximate surface area is 153 Å². The van der Waals surface area contributed by atoms with Crippen molar-refractivity contribution in [2.24, 2.45) is 0 Å². The van der Waals surface area contributed by atoms with Gasteiger partial charge in [-0.3, -0.25) is 4.79 Å². The number of ether oxygens (including phenoxy) is 3. The van der Waals surface area contributed by atoms with E-state index in [-0.39, 0.29) is 12.5 Å². The number of carbonyl (C=O) groups excluding carboxylic acids is 1. The molecular formula is C17H30N2O7. The molecule has 0 amide bonds. The zero-order valence-corrected chi connectivity index (χ0v) is 15.4. The molecule has 3 aliphatic rings. The van der Waals surface area contributed by atoms with Crippen LogP contribution in [0.15, 0.2) is 0 Å². The molecule has 3 rings (SSSR count). The highest BCUT2D eigenvalue weighted by molar-refractivity contribution is 5.87. The molecule has 9 atom stereocenters. The molecule has 2 saturated heterocycles. The van der Waals surface area contributed by atoms with E-state index in [1.54, 1.807) is 14.1 Å². The van der Waals surface area contributed by atoms with E-state index in [2.05, 4.69) is 10.6 Å². The van der Waals surface area contributed by atoms with Gasteiger partial charge >= 0.3 is 0 Å². The Kier molecular flexibility index (Phi) is 6.00. The van der Waals surface area contributed by atoms with Crippen LogP contribution in [0, 0.1) is 0 Å². The molecule has 0 spiro atoms. The predicted molar refractivity (Wildman–Crippen MR) is 90.2 cm³/mol. The molecule has 2 aliphatic heterocycles. The van der Waals surface area contributed by atoms with Crippen LogP contribution < -0.4 is 10.6 Å². The first-order valence-electron chi connectivity index (χ1n) is 9.32. The van der Waals surface area contributed by atoms with Gasteiger partial charge in [-0.05, 0) is 20.5 Å². The van der Waals surface area contributed by atoms with E-state index < -0.39 is 54.4 Å². The number of nitrogens with one attached hydrogen (secondary N) is 2. The summed E-state index contributed by atoms with van der Waals surface area (Å²) >= 11 is 0. The van der Waals surface area contributed by atoms with Gasteiger partial charge in [-0.2, -0.15) is 0 Å². The van der Waals surface area contributed by atoms with Crippen LogP contribution in [0.3, 0.4) is 0 Å². The maximum absolute atomic E-state index is 12.6. The summed E-state index contributed by atoms with van der Waals surface area (Å²) in [6, 6.07) is -1.30. The minimum absolute atomic E-state index is 0.0439. The molecule has 1 unspecified atom stereocenters. The maximum Gasteiger partial charge on any atom is 0.280 e. The molecule has 0 aromatic rings. The normalized spacial score (nSPS) is 48.8. The first-order valence-corrected chi connectivity index (χ1v) is 9.32. The quantitative estimate of drug-likeness (QED) is 0.380. The van der Waals surface area contributed by atoms with Crippen LogP contribution in [-0.4, -0.2) is 89.9 Å². The van der Waals surface area contributed by atoms with Crippen LogP contribution in [0.4, 0.5) is 0 Å². The standard InChI is InChI=1S/C17H30N2O7/c1-4-5-6-8-7-9(20)17(23)16(24-8)25-15-13(22)10(18-2)12(21)11(19-3)14(15)26-17/h8,10-16,18-19,21-23H,4-7H2,1-3H3/t8?,10-,11+,12-,13-,14+,15+,16-,17-/m0/s1. The Balaban J connectivity index is 1.84. The van der Waals surface area contributed by atoms with Gasteiger partial charge in [-0.1, -0.05) is 19.8 Å². The molecule has 9 heteroatoms. The third-order valence-corrected chi connectivity index (χ3v) is 5.71. The summed E-state index contributed by atoms with van der Waals surface area (Å²) in [5.41, 5.74) is 0. The molecule has 1 aliphatic carbocycles. The van der Waals surface area contributed by atoms with Gasteiger partial charge in [-0.25, -0.2) is 0 Å². The summed E-state index contributed by atoms with van der Waals surface area (Å²) in [5.74, 6) is -2.73. The summed E-state index contributed by atoms with van der Waals surface area (Å²) < 4.78 is 17.4. The summed E-state index contributed by atoms with van der Waals surface area (Å²) in [4.78, 5) is 12.6. The van der Waals surface area contributed by atoms with Gasteiger partial charge < -0.3 is 40.2 Å². The van der Waals surface area contributed by atoms with Crippen LogP contribution >= 0.6 is 0 Å². The Morgan fingerprint density at radius 1 is 1.12 bits per heavy atom. The lowest BCUT2D eigenvalue weighted by Gasteiger charge is -2.55. The van der Waals surface area contributed by atoms with Crippen molar-refractivity contribution in [3.8, 4) is 0 Å². The molecule has 150 valence electrons. The number of Topliss-reactive ketones (excluding diaryl/α,β-unsaturated/α-hetero) is 1. The number of ketones is 1. The van der Waals surface area contributed by atoms with Gasteiger partial charge in [0.25, 0.3) is 5.79 Å². The smallest absolute Gasteiger partial charge is 0.280 e. The largest absolute Gasteiger partial charge is 0.390 e. The monoisotopic (exact) mass is 374 g/mol. The van der Waals surface area contributed by atoms with E-state index in [1.165, 1.54) is 0 Å². The molecule has 0 bridgehead atoms. The second kappa shape index (κ2) is 7.76. The third kappa shape index (κ3) is 3.20. The van der Waals surface area contributed by atoms with Crippen molar-refractivity contribution in [3.63, 3.8) is 0 Å². The van der Waals surface area contributed by atoms with Crippen molar-refractivity contribution in [2.75, 3.05) is 14.1 Å². The molecule has 0 radical (unpaired) electrons. The van der Waals surface area contributed by atoms with Gasteiger partial charge in [0.15, 0.2) is 5.78 Å². The fraction of sp³-hybridized carbons (Fsp3) is 0.941. The van der Waals surface area contributed by atoms with Crippen molar-refractivity contribution in [1.82, 2.24) is 10.6 Å². The lowest BCUT2D eigenvalue weighted by Crippen LogP contribution is -2.77. The molecule has 5 N–H and O–H groups in total. The second-order valence-corrected chi connectivity index (χ2v) is 7.35. The van der Waals surface area contributed by atoms with E-state index >= 15 is 0 Å². The van der Waals surface area contributed by atoms with Crippen LogP contribution in [0.5, 0.6) is 0 Å². The second-order valence-electron chi connectivity index (χ2n) is 7.35. The highest BCUT2D eigenvalue weighted by Gasteiger charge is 2.63. The van der Waals surface area contributed by atoms with Crippen LogP contribution in [0.2, 0.25) is 0 Å². The van der Waals surface area contributed by atoms with Crippen molar-refractivity contribution in [2.45, 2.75) is 87.3 Å². The number of hydrogen-bond acceptors (Lipinski definition) is 9. The van der Waals surface area contributed by atoms with Gasteiger partial charge in [-0.15, -0.1) is 0 Å². The number of rotatable bonds is 5. The van der Waals surface area contributed by atoms with Gasteiger partial charge in [0.2, 0.25) is 6.29 Å². The fourth-order valence-corrected chi connectivity index (χ4v) is 4.19. The van der Waals surface area contributed by atoms with E-state index in [0.29, 0.717) is 6.42 Å². The Bertz CT molecular complexity index is 521. The van der Waals surface area contributed by atoms with Gasteiger partial charge in [0.05, 0.1) is 24.3 Å². The van der Waals surface area contributed by atoms with Crippen molar-refractivity contribution in [1.29, 1.82) is 0 Å². The summed E-state index contributed by atoms with van der Waals surface area (Å²) in [5, 5.41) is 37.8. The summed E-state index contributed by atoms with van der Waals surface area (Å²) in [6.45, 7) is 2.05. The maximum atomic E-state index is 12.6. The number of aliphatic hydroxyl groups is 3. The van der Waals surface area contributed by atoms with Crippen LogP contribution in [0.25, 0.3) is 0 Å². The summed E-state index contributed by atoms with van der Waals surface area (Å²) in [6.07, 6.45) is -2.92. The Hall–Kier alpha value is -0.650. The first kappa shape index (κ1) is 20.1. The number of likely N-dealkylation sites (N-methyl/N-ethyl adjacent to an activating group) is 2. The number of fused-ring (bicyclic) bond motifs is 2. The molecule has 0 aromatic carbocycles. The number of hydrogen-bond donors (Lipinski definition) is 5. The highest BCUT2D eigenvalue weighted by Crippen LogP contribution is 2.40. The predicted octanol–water partition coefficient (Wildman–Crippen LogP) is -1.76. The van der Waals surface area contributed by atoms with E-state index in [0.717, 1.165) is 12.8 Å². The SMILES string of the molecule is CCCCC1CC(=O)[C@]2(O)O[C@@H]3[C@H](NC)[C@@H](O)[C@H](NC)[C@H](O)[C@H]3O[C@@H]2O1. The molecule has 9 nitrogen and oxygen atoms in total. The number of aliphatic hydroxyl groups excluding tert-OH is 2. The number of unbranched alkanes of at least 4 members (excludes halogenated alkanes) is 1. The zero-order chi connectivity index (χ0) is 19.1. The van der Waals surface area contributed by atoms with Crippen molar-refractivity contribution in [3.05, 3.63) is 0 Å². The van der Waals surface area contributed by atoms with E-state index in [1.807, 2.05) is 6.92 Å². The lowest BCUT2D eigenvalue weighted by atomic mass is 9.80. The van der Waals surface area contributed by atoms with Gasteiger partial charge in [0, 0.05) is 6.42 Å². The average molecular weight is 374 g/mol. The van der Waals surface area contributed by atoms with Crippen molar-refractivity contribution < 1.29 is 34.3 Å². The van der Waals surface area contributed by atoms with Crippen LogP contribution in [-0.2, 0) is 19.0 Å². The molecular weight excluding hydrogens is 344 g/mol. The van der Waals surface area contributed by atoms with E-state index in [9.17, 15) is 20.1 Å². The van der Waals surface area contributed by atoms with Crippen LogP contribution in [0.1, 0.15) is 32.6 Å². The molecule has 2 heterocycles. The molecule has 0 aromatic heterocycles. The topological polar surface area (TPSA) is 130 Å². The first-order chi connectivity index (χ1) is 12.4. The Morgan fingerprint density at radius 3 is 2.42 bits per heavy atom. The van der Waals surface area contributed by atoms with Gasteiger partial charge in [0.1, 0.15) is 18.3 Å². The van der Waals surface area contributed by atoms with Crippen molar-refractivity contribution >= 4 is 5.78 Å². The zero-order valence-electron chi connectivity index (χ0n) is 15.4. The van der Waals surface area contributed by atoms with E-state index in [4.69, 9.17) is 14.2 Å². The number of carbonyl (C=O) groups is 1. The average Bonchev–Trinajstić information content (AvgIpc) is 2.61. The Morgan fingerprint density at radius 2 is 1.81 bits per heavy atom. The third-order valence-electron chi connectivity index (χ3n) is 5.71. The molecule has 1 saturated carbocycles. The minimum Gasteiger partial charge on any atom is -0.390 e.